The minimum Gasteiger partial charge on any atom is -0.508 e. The van der Waals surface area contributed by atoms with Crippen molar-refractivity contribution in [3.63, 3.8) is 0 Å². The summed E-state index contributed by atoms with van der Waals surface area (Å²) in [6, 6.07) is 2.61. The van der Waals surface area contributed by atoms with Gasteiger partial charge in [0.25, 0.3) is 0 Å². The molecule has 1 rings (SSSR count). The second-order valence-corrected chi connectivity index (χ2v) is 8.72. The lowest BCUT2D eigenvalue weighted by Crippen LogP contribution is -2.52. The maximum absolute atomic E-state index is 13.3. The third kappa shape index (κ3) is 8.37. The van der Waals surface area contributed by atoms with E-state index in [0.717, 1.165) is 12.8 Å². The van der Waals surface area contributed by atoms with Crippen LogP contribution in [0.1, 0.15) is 64.6 Å². The highest BCUT2D eigenvalue weighted by molar-refractivity contribution is 5.92. The first kappa shape index (κ1) is 27.2. The maximum atomic E-state index is 13.3. The Balaban J connectivity index is 3.24. The van der Waals surface area contributed by atoms with E-state index in [1.807, 2.05) is 6.92 Å². The summed E-state index contributed by atoms with van der Waals surface area (Å²) in [5.41, 5.74) is 0.300. The van der Waals surface area contributed by atoms with E-state index in [4.69, 9.17) is 4.74 Å². The van der Waals surface area contributed by atoms with Crippen LogP contribution in [0.3, 0.4) is 0 Å². The number of phenolic OH excluding ortho intramolecular Hbond substituents is 1. The Morgan fingerprint density at radius 2 is 1.88 bits per heavy atom. The zero-order valence-corrected chi connectivity index (χ0v) is 19.9. The molecule has 9 heteroatoms. The summed E-state index contributed by atoms with van der Waals surface area (Å²) in [6.07, 6.45) is 0.906. The van der Waals surface area contributed by atoms with Crippen LogP contribution >= 0.6 is 0 Å². The van der Waals surface area contributed by atoms with Gasteiger partial charge in [-0.05, 0) is 64.3 Å². The number of amides is 3. The van der Waals surface area contributed by atoms with Gasteiger partial charge in [0, 0.05) is 13.1 Å². The van der Waals surface area contributed by atoms with Crippen molar-refractivity contribution in [1.82, 2.24) is 15.5 Å². The number of aryl methyl sites for hydroxylation is 1. The molecule has 0 radical (unpaired) electrons. The number of alkyl carbamates (subject to hydrolysis) is 1. The second-order valence-electron chi connectivity index (χ2n) is 8.72. The zero-order valence-electron chi connectivity index (χ0n) is 19.9. The molecule has 32 heavy (non-hydrogen) atoms. The Morgan fingerprint density at radius 3 is 2.41 bits per heavy atom. The molecule has 4 N–H and O–H groups in total. The number of nitrogens with one attached hydrogen (secondary N) is 2. The largest absolute Gasteiger partial charge is 0.508 e. The number of phenols is 1. The van der Waals surface area contributed by atoms with Crippen molar-refractivity contribution in [1.29, 1.82) is 0 Å². The van der Waals surface area contributed by atoms with Crippen LogP contribution in [0.25, 0.3) is 0 Å². The van der Waals surface area contributed by atoms with Gasteiger partial charge in [0.2, 0.25) is 11.8 Å². The third-order valence-corrected chi connectivity index (χ3v) is 4.65. The maximum Gasteiger partial charge on any atom is 0.408 e. The highest BCUT2D eigenvalue weighted by Crippen LogP contribution is 2.27. The number of hydrogen-bond acceptors (Lipinski definition) is 6. The summed E-state index contributed by atoms with van der Waals surface area (Å²) in [4.78, 5) is 39.7. The van der Waals surface area contributed by atoms with Crippen molar-refractivity contribution in [3.8, 4) is 5.75 Å². The SMILES string of the molecule is CCCCNC(=O)C(c1ccc(O)c(C)c1)N(CCO)C(=O)C(C)NC(=O)OC(C)(C)C. The Bertz CT molecular complexity index is 790. The fraction of sp³-hybridized carbons (Fsp3) is 0.609. The van der Waals surface area contributed by atoms with E-state index in [2.05, 4.69) is 10.6 Å². The lowest BCUT2D eigenvalue weighted by atomic mass is 10.0. The average Bonchev–Trinajstić information content (AvgIpc) is 2.68. The fourth-order valence-electron chi connectivity index (χ4n) is 3.08. The van der Waals surface area contributed by atoms with Gasteiger partial charge in [0.05, 0.1) is 6.61 Å². The topological polar surface area (TPSA) is 128 Å². The molecule has 1 aromatic carbocycles. The van der Waals surface area contributed by atoms with Crippen molar-refractivity contribution < 1.29 is 29.3 Å². The van der Waals surface area contributed by atoms with Crippen LogP contribution in [-0.4, -0.2) is 64.4 Å². The summed E-state index contributed by atoms with van der Waals surface area (Å²) in [7, 11) is 0. The van der Waals surface area contributed by atoms with E-state index >= 15 is 0 Å². The van der Waals surface area contributed by atoms with Gasteiger partial charge in [0.1, 0.15) is 23.4 Å². The standard InChI is InChI=1S/C23H37N3O6/c1-7-8-11-24-20(29)19(17-9-10-18(28)15(2)14-17)26(12-13-27)21(30)16(3)25-22(31)32-23(4,5)6/h9-10,14,16,19,27-28H,7-8,11-13H2,1-6H3,(H,24,29)(H,25,31). The molecule has 2 atom stereocenters. The Hall–Kier alpha value is -2.81. The highest BCUT2D eigenvalue weighted by Gasteiger charge is 2.34. The molecule has 9 nitrogen and oxygen atoms in total. The molecule has 0 spiro atoms. The monoisotopic (exact) mass is 451 g/mol. The molecule has 0 aliphatic rings. The quantitative estimate of drug-likeness (QED) is 0.405. The van der Waals surface area contributed by atoms with E-state index in [0.29, 0.717) is 17.7 Å². The number of aliphatic hydroxyl groups excluding tert-OH is 1. The summed E-state index contributed by atoms with van der Waals surface area (Å²) < 4.78 is 5.21. The van der Waals surface area contributed by atoms with E-state index in [9.17, 15) is 24.6 Å². The van der Waals surface area contributed by atoms with Crippen LogP contribution < -0.4 is 10.6 Å². The van der Waals surface area contributed by atoms with Crippen molar-refractivity contribution in [2.75, 3.05) is 19.7 Å². The average molecular weight is 452 g/mol. The highest BCUT2D eigenvalue weighted by atomic mass is 16.6. The predicted octanol–water partition coefficient (Wildman–Crippen LogP) is 2.39. The van der Waals surface area contributed by atoms with Gasteiger partial charge >= 0.3 is 6.09 Å². The first-order chi connectivity index (χ1) is 14.9. The van der Waals surface area contributed by atoms with Gasteiger partial charge in [-0.1, -0.05) is 19.4 Å². The third-order valence-electron chi connectivity index (χ3n) is 4.65. The summed E-state index contributed by atoms with van der Waals surface area (Å²) >= 11 is 0. The first-order valence-corrected chi connectivity index (χ1v) is 10.9. The zero-order chi connectivity index (χ0) is 24.5. The predicted molar refractivity (Wildman–Crippen MR) is 121 cm³/mol. The van der Waals surface area contributed by atoms with E-state index in [1.54, 1.807) is 39.8 Å². The smallest absolute Gasteiger partial charge is 0.408 e. The van der Waals surface area contributed by atoms with Gasteiger partial charge in [-0.3, -0.25) is 9.59 Å². The minimum atomic E-state index is -1.05. The van der Waals surface area contributed by atoms with Crippen molar-refractivity contribution in [3.05, 3.63) is 29.3 Å². The van der Waals surface area contributed by atoms with Crippen molar-refractivity contribution in [2.24, 2.45) is 0 Å². The van der Waals surface area contributed by atoms with Gasteiger partial charge in [-0.25, -0.2) is 4.79 Å². The number of unbranched alkanes of at least 4 members (excludes halogenated alkanes) is 1. The Kier molecular flexibility index (Phi) is 10.5. The van der Waals surface area contributed by atoms with Gasteiger partial charge in [0.15, 0.2) is 0 Å². The van der Waals surface area contributed by atoms with Crippen LogP contribution in [-0.2, 0) is 14.3 Å². The fourth-order valence-corrected chi connectivity index (χ4v) is 3.08. The molecular weight excluding hydrogens is 414 g/mol. The molecule has 0 saturated carbocycles. The molecule has 0 aromatic heterocycles. The van der Waals surface area contributed by atoms with Crippen molar-refractivity contribution in [2.45, 2.75) is 72.1 Å². The van der Waals surface area contributed by atoms with Gasteiger partial charge in [-0.2, -0.15) is 0 Å². The number of aliphatic hydroxyl groups is 1. The molecule has 0 bridgehead atoms. The number of aromatic hydroxyl groups is 1. The van der Waals surface area contributed by atoms with Crippen LogP contribution in [0.15, 0.2) is 18.2 Å². The molecule has 0 saturated heterocycles. The second kappa shape index (κ2) is 12.3. The number of carbonyl (C=O) groups is 3. The molecule has 3 amide bonds. The normalized spacial score (nSPS) is 13.1. The minimum absolute atomic E-state index is 0.0684. The van der Waals surface area contributed by atoms with E-state index < -0.39 is 35.6 Å². The Morgan fingerprint density at radius 1 is 1.22 bits per heavy atom. The molecule has 180 valence electrons. The van der Waals surface area contributed by atoms with Crippen molar-refractivity contribution >= 4 is 17.9 Å². The van der Waals surface area contributed by atoms with Gasteiger partial charge in [-0.15, -0.1) is 0 Å². The number of benzene rings is 1. The number of rotatable bonds is 10. The number of ether oxygens (including phenoxy) is 1. The lowest BCUT2D eigenvalue weighted by molar-refractivity contribution is -0.142. The molecule has 0 aliphatic heterocycles. The number of carbonyl (C=O) groups excluding carboxylic acids is 3. The summed E-state index contributed by atoms with van der Waals surface area (Å²) in [5.74, 6) is -0.889. The summed E-state index contributed by atoms with van der Waals surface area (Å²) in [6.45, 7) is 10.3. The molecular formula is C23H37N3O6. The van der Waals surface area contributed by atoms with Crippen LogP contribution in [0.4, 0.5) is 4.79 Å². The Labute approximate surface area is 190 Å². The molecule has 0 heterocycles. The molecule has 1 aromatic rings. The first-order valence-electron chi connectivity index (χ1n) is 10.9. The number of hydrogen-bond donors (Lipinski definition) is 4. The van der Waals surface area contributed by atoms with Crippen LogP contribution in [0.2, 0.25) is 0 Å². The van der Waals surface area contributed by atoms with Crippen LogP contribution in [0, 0.1) is 6.92 Å². The lowest BCUT2D eigenvalue weighted by Gasteiger charge is -2.33. The molecule has 0 fully saturated rings. The van der Waals surface area contributed by atoms with Gasteiger partial charge < -0.3 is 30.5 Å². The van der Waals surface area contributed by atoms with E-state index in [-0.39, 0.29) is 18.9 Å². The summed E-state index contributed by atoms with van der Waals surface area (Å²) in [5, 5.41) is 24.8. The number of nitrogens with zero attached hydrogens (tertiary/aromatic N) is 1. The van der Waals surface area contributed by atoms with Crippen LogP contribution in [0.5, 0.6) is 5.75 Å². The van der Waals surface area contributed by atoms with E-state index in [1.165, 1.54) is 17.9 Å². The molecule has 0 aliphatic carbocycles. The molecule has 2 unspecified atom stereocenters.